The zero-order valence-electron chi connectivity index (χ0n) is 9.22. The lowest BCUT2D eigenvalue weighted by molar-refractivity contribution is -0.115. The summed E-state index contributed by atoms with van der Waals surface area (Å²) in [4.78, 5) is 16.8. The zero-order valence-corrected chi connectivity index (χ0v) is 10.0. The summed E-state index contributed by atoms with van der Waals surface area (Å²) in [5, 5.41) is 4.71. The van der Waals surface area contributed by atoms with E-state index in [2.05, 4.69) is 10.3 Å². The van der Waals surface area contributed by atoms with Crippen molar-refractivity contribution in [2.24, 2.45) is 5.73 Å². The summed E-state index contributed by atoms with van der Waals surface area (Å²) in [6, 6.07) is 7.48. The van der Waals surface area contributed by atoms with E-state index in [4.69, 9.17) is 5.73 Å². The molecule has 0 atom stereocenters. The third-order valence-corrected chi connectivity index (χ3v) is 3.12. The molecule has 1 amide bonds. The van der Waals surface area contributed by atoms with E-state index in [0.29, 0.717) is 18.8 Å². The Morgan fingerprint density at radius 2 is 2.35 bits per heavy atom. The van der Waals surface area contributed by atoms with Gasteiger partial charge in [0.2, 0.25) is 5.91 Å². The Morgan fingerprint density at radius 3 is 3.06 bits per heavy atom. The van der Waals surface area contributed by atoms with Crippen molar-refractivity contribution in [2.45, 2.75) is 13.0 Å². The number of hydrogen-bond acceptors (Lipinski definition) is 4. The number of nitrogens with one attached hydrogen (secondary N) is 1. The van der Waals surface area contributed by atoms with Gasteiger partial charge in [0.15, 0.2) is 0 Å². The van der Waals surface area contributed by atoms with Crippen LogP contribution >= 0.6 is 11.3 Å². The van der Waals surface area contributed by atoms with Crippen LogP contribution in [0.4, 0.5) is 5.82 Å². The minimum atomic E-state index is -0.0610. The Bertz CT molecular complexity index is 496. The van der Waals surface area contributed by atoms with Crippen LogP contribution in [-0.2, 0) is 17.8 Å². The summed E-state index contributed by atoms with van der Waals surface area (Å²) in [5.74, 6) is 0.489. The Morgan fingerprint density at radius 1 is 1.47 bits per heavy atom. The fourth-order valence-electron chi connectivity index (χ4n) is 1.43. The standard InChI is InChI=1S/C12H13N3OS/c13-8-9-3-4-14-11(6-9)15-12(16)7-10-2-1-5-17-10/h1-6H,7-8,13H2,(H,14,15,16). The van der Waals surface area contributed by atoms with Crippen molar-refractivity contribution in [3.05, 3.63) is 46.3 Å². The smallest absolute Gasteiger partial charge is 0.230 e. The fraction of sp³-hybridized carbons (Fsp3) is 0.167. The Kier molecular flexibility index (Phi) is 3.85. The molecule has 0 saturated heterocycles. The molecule has 4 nitrogen and oxygen atoms in total. The van der Waals surface area contributed by atoms with Crippen LogP contribution in [0.25, 0.3) is 0 Å². The summed E-state index contributed by atoms with van der Waals surface area (Å²) in [7, 11) is 0. The van der Waals surface area contributed by atoms with E-state index in [1.807, 2.05) is 23.6 Å². The molecule has 88 valence electrons. The molecular formula is C12H13N3OS. The van der Waals surface area contributed by atoms with Crippen LogP contribution in [0.1, 0.15) is 10.4 Å². The van der Waals surface area contributed by atoms with E-state index in [1.54, 1.807) is 23.6 Å². The van der Waals surface area contributed by atoms with Crippen molar-refractivity contribution < 1.29 is 4.79 Å². The number of carbonyl (C=O) groups excluding carboxylic acids is 1. The number of hydrogen-bond donors (Lipinski definition) is 2. The summed E-state index contributed by atoms with van der Waals surface area (Å²) in [6.07, 6.45) is 2.02. The highest BCUT2D eigenvalue weighted by Gasteiger charge is 2.05. The predicted molar refractivity (Wildman–Crippen MR) is 68.8 cm³/mol. The number of carbonyl (C=O) groups is 1. The molecular weight excluding hydrogens is 234 g/mol. The number of aromatic nitrogens is 1. The third kappa shape index (κ3) is 3.37. The molecule has 2 heterocycles. The van der Waals surface area contributed by atoms with E-state index < -0.39 is 0 Å². The number of nitrogens with two attached hydrogens (primary N) is 1. The molecule has 2 aromatic heterocycles. The molecule has 0 fully saturated rings. The Hall–Kier alpha value is -1.72. The molecule has 0 saturated carbocycles. The fourth-order valence-corrected chi connectivity index (χ4v) is 2.13. The van der Waals surface area contributed by atoms with E-state index in [-0.39, 0.29) is 5.91 Å². The van der Waals surface area contributed by atoms with E-state index in [9.17, 15) is 4.79 Å². The van der Waals surface area contributed by atoms with Crippen LogP contribution < -0.4 is 11.1 Å². The highest BCUT2D eigenvalue weighted by Crippen LogP contribution is 2.11. The quantitative estimate of drug-likeness (QED) is 0.865. The SMILES string of the molecule is NCc1ccnc(NC(=O)Cc2cccs2)c1. The number of amides is 1. The normalized spacial score (nSPS) is 10.2. The van der Waals surface area contributed by atoms with E-state index >= 15 is 0 Å². The third-order valence-electron chi connectivity index (χ3n) is 2.24. The second-order valence-electron chi connectivity index (χ2n) is 3.56. The molecule has 0 aliphatic carbocycles. The molecule has 5 heteroatoms. The summed E-state index contributed by atoms with van der Waals surface area (Å²) in [5.41, 5.74) is 6.47. The molecule has 2 rings (SSSR count). The first-order chi connectivity index (χ1) is 8.28. The molecule has 17 heavy (non-hydrogen) atoms. The Labute approximate surface area is 103 Å². The largest absolute Gasteiger partial charge is 0.326 e. The van der Waals surface area contributed by atoms with Gasteiger partial charge in [-0.3, -0.25) is 4.79 Å². The number of rotatable bonds is 4. The van der Waals surface area contributed by atoms with Crippen LogP contribution in [0, 0.1) is 0 Å². The molecule has 2 aromatic rings. The van der Waals surface area contributed by atoms with Gasteiger partial charge in [0.25, 0.3) is 0 Å². The van der Waals surface area contributed by atoms with E-state index in [1.165, 1.54) is 0 Å². The maximum absolute atomic E-state index is 11.7. The van der Waals surface area contributed by atoms with Gasteiger partial charge in [0.05, 0.1) is 6.42 Å². The molecule has 0 aliphatic rings. The second-order valence-corrected chi connectivity index (χ2v) is 4.59. The monoisotopic (exact) mass is 247 g/mol. The number of thiophene rings is 1. The molecule has 0 aromatic carbocycles. The number of anilines is 1. The van der Waals surface area contributed by atoms with Crippen molar-refractivity contribution in [1.82, 2.24) is 4.98 Å². The molecule has 0 unspecified atom stereocenters. The maximum atomic E-state index is 11.7. The average Bonchev–Trinajstić information content (AvgIpc) is 2.82. The average molecular weight is 247 g/mol. The van der Waals surface area contributed by atoms with Gasteiger partial charge in [-0.1, -0.05) is 6.07 Å². The summed E-state index contributed by atoms with van der Waals surface area (Å²) >= 11 is 1.57. The minimum Gasteiger partial charge on any atom is -0.326 e. The lowest BCUT2D eigenvalue weighted by Gasteiger charge is -2.04. The first-order valence-corrected chi connectivity index (χ1v) is 6.13. The van der Waals surface area contributed by atoms with Crippen LogP contribution in [0.5, 0.6) is 0 Å². The lowest BCUT2D eigenvalue weighted by Crippen LogP contribution is -2.15. The van der Waals surface area contributed by atoms with Crippen molar-refractivity contribution in [3.63, 3.8) is 0 Å². The molecule has 0 spiro atoms. The van der Waals surface area contributed by atoms with Gasteiger partial charge < -0.3 is 11.1 Å². The van der Waals surface area contributed by atoms with Gasteiger partial charge in [-0.15, -0.1) is 11.3 Å². The topological polar surface area (TPSA) is 68.0 Å². The molecule has 0 aliphatic heterocycles. The minimum absolute atomic E-state index is 0.0610. The van der Waals surface area contributed by atoms with Crippen molar-refractivity contribution in [2.75, 3.05) is 5.32 Å². The maximum Gasteiger partial charge on any atom is 0.230 e. The van der Waals surface area contributed by atoms with Gasteiger partial charge in [-0.25, -0.2) is 4.98 Å². The summed E-state index contributed by atoms with van der Waals surface area (Å²) < 4.78 is 0. The van der Waals surface area contributed by atoms with Gasteiger partial charge in [0.1, 0.15) is 5.82 Å². The molecule has 0 bridgehead atoms. The van der Waals surface area contributed by atoms with Crippen molar-refractivity contribution in [1.29, 1.82) is 0 Å². The Balaban J connectivity index is 1.98. The van der Waals surface area contributed by atoms with Gasteiger partial charge in [0, 0.05) is 17.6 Å². The molecule has 0 radical (unpaired) electrons. The molecule has 3 N–H and O–H groups in total. The predicted octanol–water partition coefficient (Wildman–Crippen LogP) is 1.78. The van der Waals surface area contributed by atoms with Crippen molar-refractivity contribution in [3.8, 4) is 0 Å². The van der Waals surface area contributed by atoms with Gasteiger partial charge in [-0.2, -0.15) is 0 Å². The highest BCUT2D eigenvalue weighted by molar-refractivity contribution is 7.10. The second kappa shape index (κ2) is 5.56. The van der Waals surface area contributed by atoms with Crippen LogP contribution in [0.15, 0.2) is 35.8 Å². The van der Waals surface area contributed by atoms with Gasteiger partial charge in [-0.05, 0) is 29.1 Å². The number of nitrogens with zero attached hydrogens (tertiary/aromatic N) is 1. The lowest BCUT2D eigenvalue weighted by atomic mass is 10.2. The van der Waals surface area contributed by atoms with Crippen molar-refractivity contribution >= 4 is 23.1 Å². The van der Waals surface area contributed by atoms with Crippen LogP contribution in [0.3, 0.4) is 0 Å². The number of pyridine rings is 1. The zero-order chi connectivity index (χ0) is 12.1. The van der Waals surface area contributed by atoms with Crippen LogP contribution in [-0.4, -0.2) is 10.9 Å². The first kappa shape index (κ1) is 11.8. The highest BCUT2D eigenvalue weighted by atomic mass is 32.1. The van der Waals surface area contributed by atoms with Crippen LogP contribution in [0.2, 0.25) is 0 Å². The first-order valence-electron chi connectivity index (χ1n) is 5.25. The van der Waals surface area contributed by atoms with Gasteiger partial charge >= 0.3 is 0 Å². The summed E-state index contributed by atoms with van der Waals surface area (Å²) in [6.45, 7) is 0.441. The van der Waals surface area contributed by atoms with E-state index in [0.717, 1.165) is 10.4 Å².